The van der Waals surface area contributed by atoms with Crippen molar-refractivity contribution >= 4 is 13.1 Å². The van der Waals surface area contributed by atoms with Gasteiger partial charge in [0.1, 0.15) is 0 Å². The summed E-state index contributed by atoms with van der Waals surface area (Å²) in [5, 5.41) is 9.74. The molecule has 0 amide bonds. The van der Waals surface area contributed by atoms with Crippen LogP contribution in [0.15, 0.2) is 24.3 Å². The highest BCUT2D eigenvalue weighted by molar-refractivity contribution is 6.43. The van der Waals surface area contributed by atoms with Gasteiger partial charge >= 0.3 is 13.1 Å². The Kier molecular flexibility index (Phi) is 7.65. The minimum absolute atomic E-state index is 0.0435. The van der Waals surface area contributed by atoms with E-state index in [-0.39, 0.29) is 18.3 Å². The maximum absolute atomic E-state index is 12.0. The Bertz CT molecular complexity index is 879. The molecule has 1 aliphatic heterocycles. The lowest BCUT2D eigenvalue weighted by Gasteiger charge is -2.14. The lowest BCUT2D eigenvalue weighted by molar-refractivity contribution is -0.142. The molecule has 3 rings (SSSR count). The molecule has 9 heteroatoms. The Morgan fingerprint density at radius 2 is 2.10 bits per heavy atom. The van der Waals surface area contributed by atoms with E-state index in [0.29, 0.717) is 49.2 Å². The van der Waals surface area contributed by atoms with E-state index in [2.05, 4.69) is 4.98 Å². The molecule has 1 aromatic carbocycles. The Morgan fingerprint density at radius 1 is 1.27 bits per heavy atom. The molecule has 0 aliphatic carbocycles. The van der Waals surface area contributed by atoms with E-state index in [1.807, 2.05) is 25.1 Å². The molecule has 0 unspecified atom stereocenters. The van der Waals surface area contributed by atoms with Crippen LogP contribution in [0.4, 0.5) is 0 Å². The van der Waals surface area contributed by atoms with E-state index < -0.39 is 7.12 Å². The molecule has 1 aliphatic rings. The Hall–Kier alpha value is -2.65. The summed E-state index contributed by atoms with van der Waals surface area (Å²) in [5.74, 6) is 1.28. The summed E-state index contributed by atoms with van der Waals surface area (Å²) >= 11 is 0. The first kappa shape index (κ1) is 22.0. The minimum Gasteiger partial charge on any atom is -0.493 e. The van der Waals surface area contributed by atoms with Crippen LogP contribution < -0.4 is 9.47 Å². The minimum atomic E-state index is -0.808. The second-order valence-electron chi connectivity index (χ2n) is 7.02. The highest BCUT2D eigenvalue weighted by Gasteiger charge is 2.31. The van der Waals surface area contributed by atoms with Gasteiger partial charge in [-0.05, 0) is 43.9 Å². The number of aromatic nitrogens is 2. The number of carbonyl (C=O) groups excluding carboxylic acids is 1. The number of methoxy groups -OCH3 is 1. The molecular formula is C21H27BN2O6. The summed E-state index contributed by atoms with van der Waals surface area (Å²) in [6.07, 6.45) is 1.36. The van der Waals surface area contributed by atoms with E-state index in [4.69, 9.17) is 23.8 Å². The average Bonchev–Trinajstić information content (AvgIpc) is 3.18. The molecule has 30 heavy (non-hydrogen) atoms. The molecule has 0 saturated carbocycles. The van der Waals surface area contributed by atoms with Crippen molar-refractivity contribution in [3.8, 4) is 22.9 Å². The van der Waals surface area contributed by atoms with Gasteiger partial charge in [0.05, 0.1) is 32.4 Å². The average molecular weight is 414 g/mol. The van der Waals surface area contributed by atoms with Crippen LogP contribution >= 0.6 is 0 Å². The smallest absolute Gasteiger partial charge is 0.454 e. The van der Waals surface area contributed by atoms with Crippen LogP contribution in [0, 0.1) is 0 Å². The fourth-order valence-corrected chi connectivity index (χ4v) is 3.26. The Balaban J connectivity index is 1.98. The number of hydrogen-bond acceptors (Lipinski definition) is 8. The summed E-state index contributed by atoms with van der Waals surface area (Å²) in [4.78, 5) is 21.3. The van der Waals surface area contributed by atoms with Crippen molar-refractivity contribution < 1.29 is 28.7 Å². The molecule has 1 N–H and O–H groups in total. The summed E-state index contributed by atoms with van der Waals surface area (Å²) in [5.41, 5.74) is 2.03. The van der Waals surface area contributed by atoms with E-state index in [1.54, 1.807) is 20.1 Å². The van der Waals surface area contributed by atoms with E-state index in [1.165, 1.54) is 0 Å². The van der Waals surface area contributed by atoms with Crippen LogP contribution in [0.3, 0.4) is 0 Å². The predicted octanol–water partition coefficient (Wildman–Crippen LogP) is 2.64. The first-order valence-corrected chi connectivity index (χ1v) is 10.2. The van der Waals surface area contributed by atoms with E-state index >= 15 is 0 Å². The highest BCUT2D eigenvalue weighted by Crippen LogP contribution is 2.33. The van der Waals surface area contributed by atoms with Crippen molar-refractivity contribution in [3.63, 3.8) is 0 Å². The molecular weight excluding hydrogens is 387 g/mol. The molecule has 2 heterocycles. The summed E-state index contributed by atoms with van der Waals surface area (Å²) in [6.45, 7) is 5.03. The van der Waals surface area contributed by atoms with Gasteiger partial charge in [-0.15, -0.1) is 0 Å². The molecule has 1 atom stereocenters. The van der Waals surface area contributed by atoms with Gasteiger partial charge in [0.25, 0.3) is 0 Å². The Morgan fingerprint density at radius 3 is 2.77 bits per heavy atom. The van der Waals surface area contributed by atoms with Crippen LogP contribution in [-0.2, 0) is 20.6 Å². The van der Waals surface area contributed by atoms with Crippen molar-refractivity contribution in [3.05, 3.63) is 35.7 Å². The third kappa shape index (κ3) is 5.49. The zero-order valence-corrected chi connectivity index (χ0v) is 17.6. The molecule has 2 aromatic rings. The second kappa shape index (κ2) is 10.4. The molecule has 1 fully saturated rings. The fraction of sp³-hybridized carbons (Fsp3) is 0.476. The number of esters is 1. The van der Waals surface area contributed by atoms with Crippen LogP contribution in [0.5, 0.6) is 11.5 Å². The summed E-state index contributed by atoms with van der Waals surface area (Å²) < 4.78 is 21.5. The number of hydrogen-bond donors (Lipinski definition) is 1. The number of rotatable bonds is 9. The summed E-state index contributed by atoms with van der Waals surface area (Å²) in [7, 11) is 0.783. The third-order valence-corrected chi connectivity index (χ3v) is 4.71. The van der Waals surface area contributed by atoms with E-state index in [0.717, 1.165) is 17.7 Å². The molecule has 160 valence electrons. The van der Waals surface area contributed by atoms with Gasteiger partial charge in [0.15, 0.2) is 17.3 Å². The molecule has 0 radical (unpaired) electrons. The number of ether oxygens (including phenoxy) is 3. The maximum atomic E-state index is 12.0. The van der Waals surface area contributed by atoms with Crippen molar-refractivity contribution in [2.45, 2.75) is 38.9 Å². The van der Waals surface area contributed by atoms with Gasteiger partial charge in [0.2, 0.25) is 0 Å². The van der Waals surface area contributed by atoms with Crippen molar-refractivity contribution in [1.82, 2.24) is 9.97 Å². The number of benzene rings is 1. The zero-order valence-electron chi connectivity index (χ0n) is 17.6. The maximum Gasteiger partial charge on any atom is 0.454 e. The lowest BCUT2D eigenvalue weighted by atomic mass is 9.81. The number of carbonyl (C=O) groups is 1. The first-order valence-electron chi connectivity index (χ1n) is 10.2. The van der Waals surface area contributed by atoms with Crippen molar-refractivity contribution in [2.75, 3.05) is 26.9 Å². The monoisotopic (exact) mass is 414 g/mol. The highest BCUT2D eigenvalue weighted by atomic mass is 16.5. The molecule has 0 spiro atoms. The second-order valence-corrected chi connectivity index (χ2v) is 7.02. The quantitative estimate of drug-likeness (QED) is 0.494. The molecule has 8 nitrogen and oxygen atoms in total. The number of nitrogens with zero attached hydrogens (tertiary/aromatic N) is 2. The topological polar surface area (TPSA) is 100 Å². The van der Waals surface area contributed by atoms with Crippen molar-refractivity contribution in [1.29, 1.82) is 0 Å². The normalized spacial score (nSPS) is 15.9. The fourth-order valence-electron chi connectivity index (χ4n) is 3.26. The predicted molar refractivity (Wildman–Crippen MR) is 112 cm³/mol. The standard InChI is InChI=1S/C21H27BN2O6/c1-4-8-29-19-9-14(6-7-18(19)27-3)21-23-16(11-20(25)28-5-2)10-17(24-21)15-12-22(26)30-13-15/h6-7,9-10,15,26H,4-5,8,11-13H2,1-3H3/t15-/m0/s1. The van der Waals surface area contributed by atoms with Gasteiger partial charge in [-0.2, -0.15) is 0 Å². The zero-order chi connectivity index (χ0) is 21.5. The van der Waals surface area contributed by atoms with Crippen LogP contribution in [-0.4, -0.2) is 55.0 Å². The lowest BCUT2D eigenvalue weighted by Crippen LogP contribution is -2.12. The van der Waals surface area contributed by atoms with Gasteiger partial charge in [-0.25, -0.2) is 9.97 Å². The van der Waals surface area contributed by atoms with Crippen LogP contribution in [0.25, 0.3) is 11.4 Å². The largest absolute Gasteiger partial charge is 0.493 e. The first-order chi connectivity index (χ1) is 14.5. The van der Waals surface area contributed by atoms with Gasteiger partial charge in [0, 0.05) is 23.8 Å². The van der Waals surface area contributed by atoms with E-state index in [9.17, 15) is 9.82 Å². The van der Waals surface area contributed by atoms with Gasteiger partial charge in [-0.3, -0.25) is 4.79 Å². The Labute approximate surface area is 176 Å². The molecule has 1 aromatic heterocycles. The molecule has 1 saturated heterocycles. The van der Waals surface area contributed by atoms with Crippen LogP contribution in [0.1, 0.15) is 37.6 Å². The van der Waals surface area contributed by atoms with Crippen molar-refractivity contribution in [2.24, 2.45) is 0 Å². The molecule has 0 bridgehead atoms. The van der Waals surface area contributed by atoms with Crippen LogP contribution in [0.2, 0.25) is 6.32 Å². The van der Waals surface area contributed by atoms with Gasteiger partial charge < -0.3 is 23.9 Å². The van der Waals surface area contributed by atoms with Gasteiger partial charge in [-0.1, -0.05) is 6.92 Å². The SMILES string of the molecule is CCCOc1cc(-c2nc(CC(=O)OCC)cc([C@@H]3COB(O)C3)n2)ccc1OC. The third-order valence-electron chi connectivity index (χ3n) is 4.71. The summed E-state index contributed by atoms with van der Waals surface area (Å²) in [6, 6.07) is 7.28.